The smallest absolute Gasteiger partial charge is 0.156 e. The van der Waals surface area contributed by atoms with Crippen LogP contribution in [0.4, 0.5) is 5.82 Å². The van der Waals surface area contributed by atoms with Crippen molar-refractivity contribution in [2.45, 2.75) is 26.3 Å². The van der Waals surface area contributed by atoms with E-state index in [9.17, 15) is 0 Å². The molecule has 2 heterocycles. The Hall–Kier alpha value is -2.73. The SMILES string of the molecule is CC(C)(C)Nc1c(C#Cc2ccccc2)nc2ccccn12. The molecule has 1 aromatic carbocycles. The Morgan fingerprint density at radius 2 is 1.68 bits per heavy atom. The zero-order valence-electron chi connectivity index (χ0n) is 13.1. The fourth-order valence-electron chi connectivity index (χ4n) is 2.21. The summed E-state index contributed by atoms with van der Waals surface area (Å²) >= 11 is 0. The number of hydrogen-bond acceptors (Lipinski definition) is 2. The molecule has 0 aliphatic heterocycles. The van der Waals surface area contributed by atoms with E-state index in [0.717, 1.165) is 22.7 Å². The number of fused-ring (bicyclic) bond motifs is 1. The van der Waals surface area contributed by atoms with Gasteiger partial charge in [0.2, 0.25) is 0 Å². The van der Waals surface area contributed by atoms with Crippen molar-refractivity contribution >= 4 is 11.5 Å². The van der Waals surface area contributed by atoms with Crippen LogP contribution in [0.5, 0.6) is 0 Å². The Bertz CT molecular complexity index is 843. The molecule has 2 aromatic heterocycles. The molecular weight excluding hydrogens is 270 g/mol. The minimum atomic E-state index is -0.0605. The summed E-state index contributed by atoms with van der Waals surface area (Å²) in [6.07, 6.45) is 2.00. The second-order valence-corrected chi connectivity index (χ2v) is 6.23. The van der Waals surface area contributed by atoms with Crippen molar-refractivity contribution in [3.8, 4) is 11.8 Å². The third-order valence-corrected chi connectivity index (χ3v) is 3.12. The van der Waals surface area contributed by atoms with Crippen LogP contribution in [0.3, 0.4) is 0 Å². The van der Waals surface area contributed by atoms with Crippen LogP contribution in [0.25, 0.3) is 5.65 Å². The van der Waals surface area contributed by atoms with Gasteiger partial charge < -0.3 is 5.32 Å². The number of rotatable bonds is 1. The molecule has 0 bridgehead atoms. The van der Waals surface area contributed by atoms with Crippen LogP contribution < -0.4 is 5.32 Å². The Kier molecular flexibility index (Phi) is 3.60. The van der Waals surface area contributed by atoms with Crippen LogP contribution in [0.2, 0.25) is 0 Å². The summed E-state index contributed by atoms with van der Waals surface area (Å²) in [5.41, 5.74) is 2.59. The number of anilines is 1. The quantitative estimate of drug-likeness (QED) is 0.687. The van der Waals surface area contributed by atoms with Gasteiger partial charge in [-0.15, -0.1) is 0 Å². The highest BCUT2D eigenvalue weighted by atomic mass is 15.2. The van der Waals surface area contributed by atoms with Gasteiger partial charge in [0.05, 0.1) is 0 Å². The fraction of sp³-hybridized carbons (Fsp3) is 0.211. The first-order valence-electron chi connectivity index (χ1n) is 7.35. The number of aromatic nitrogens is 2. The number of nitrogens with zero attached hydrogens (tertiary/aromatic N) is 2. The molecule has 0 saturated carbocycles. The monoisotopic (exact) mass is 289 g/mol. The molecule has 3 aromatic rings. The molecule has 3 heteroatoms. The molecule has 3 rings (SSSR count). The minimum Gasteiger partial charge on any atom is -0.364 e. The van der Waals surface area contributed by atoms with Gasteiger partial charge in [0.15, 0.2) is 5.69 Å². The lowest BCUT2D eigenvalue weighted by atomic mass is 10.1. The fourth-order valence-corrected chi connectivity index (χ4v) is 2.21. The molecule has 0 amide bonds. The van der Waals surface area contributed by atoms with Crippen molar-refractivity contribution in [2.24, 2.45) is 0 Å². The second kappa shape index (κ2) is 5.57. The molecule has 110 valence electrons. The molecule has 0 spiro atoms. The first-order valence-corrected chi connectivity index (χ1v) is 7.35. The molecule has 0 fully saturated rings. The van der Waals surface area contributed by atoms with Gasteiger partial charge in [-0.2, -0.15) is 0 Å². The summed E-state index contributed by atoms with van der Waals surface area (Å²) in [5.74, 6) is 7.32. The highest BCUT2D eigenvalue weighted by Gasteiger charge is 2.16. The van der Waals surface area contributed by atoms with Gasteiger partial charge >= 0.3 is 0 Å². The zero-order chi connectivity index (χ0) is 15.6. The molecule has 0 radical (unpaired) electrons. The maximum absolute atomic E-state index is 4.64. The Labute approximate surface area is 131 Å². The van der Waals surface area contributed by atoms with Gasteiger partial charge in [-0.25, -0.2) is 4.98 Å². The number of pyridine rings is 1. The Balaban J connectivity index is 2.09. The summed E-state index contributed by atoms with van der Waals surface area (Å²) < 4.78 is 2.04. The van der Waals surface area contributed by atoms with Crippen molar-refractivity contribution < 1.29 is 0 Å². The predicted octanol–water partition coefficient (Wildman–Crippen LogP) is 3.94. The average molecular weight is 289 g/mol. The van der Waals surface area contributed by atoms with Gasteiger partial charge in [0.25, 0.3) is 0 Å². The van der Waals surface area contributed by atoms with Crippen LogP contribution in [0, 0.1) is 11.8 Å². The molecule has 0 atom stereocenters. The lowest BCUT2D eigenvalue weighted by Crippen LogP contribution is -2.27. The van der Waals surface area contributed by atoms with E-state index in [-0.39, 0.29) is 5.54 Å². The molecule has 1 N–H and O–H groups in total. The van der Waals surface area contributed by atoms with Crippen molar-refractivity contribution in [1.82, 2.24) is 9.38 Å². The van der Waals surface area contributed by atoms with Gasteiger partial charge in [-0.1, -0.05) is 30.2 Å². The average Bonchev–Trinajstić information content (AvgIpc) is 2.83. The third kappa shape index (κ3) is 3.12. The summed E-state index contributed by atoms with van der Waals surface area (Å²) in [6, 6.07) is 15.9. The van der Waals surface area contributed by atoms with Crippen LogP contribution in [0.1, 0.15) is 32.0 Å². The molecule has 0 saturated heterocycles. The Morgan fingerprint density at radius 3 is 2.41 bits per heavy atom. The molecule has 0 aliphatic carbocycles. The van der Waals surface area contributed by atoms with E-state index < -0.39 is 0 Å². The van der Waals surface area contributed by atoms with E-state index in [1.165, 1.54) is 0 Å². The van der Waals surface area contributed by atoms with E-state index in [2.05, 4.69) is 42.9 Å². The largest absolute Gasteiger partial charge is 0.364 e. The normalized spacial score (nSPS) is 11.0. The van der Waals surface area contributed by atoms with Crippen LogP contribution in [-0.2, 0) is 0 Å². The van der Waals surface area contributed by atoms with Crippen molar-refractivity contribution in [1.29, 1.82) is 0 Å². The predicted molar refractivity (Wildman–Crippen MR) is 91.0 cm³/mol. The molecule has 0 aliphatic rings. The minimum absolute atomic E-state index is 0.0605. The highest BCUT2D eigenvalue weighted by molar-refractivity contribution is 5.62. The lowest BCUT2D eigenvalue weighted by Gasteiger charge is -2.21. The van der Waals surface area contributed by atoms with Crippen LogP contribution in [0.15, 0.2) is 54.7 Å². The summed E-state index contributed by atoms with van der Waals surface area (Å²) in [5, 5.41) is 3.51. The molecule has 22 heavy (non-hydrogen) atoms. The summed E-state index contributed by atoms with van der Waals surface area (Å²) in [6.45, 7) is 6.39. The van der Waals surface area contributed by atoms with E-state index in [0.29, 0.717) is 0 Å². The maximum atomic E-state index is 4.64. The topological polar surface area (TPSA) is 29.3 Å². The third-order valence-electron chi connectivity index (χ3n) is 3.12. The zero-order valence-corrected chi connectivity index (χ0v) is 13.1. The Morgan fingerprint density at radius 1 is 0.955 bits per heavy atom. The standard InChI is InChI=1S/C19H19N3/c1-19(2,3)21-18-16(13-12-15-9-5-4-6-10-15)20-17-11-7-8-14-22(17)18/h4-11,14,21H,1-3H3. The first-order chi connectivity index (χ1) is 10.5. The van der Waals surface area contributed by atoms with Crippen molar-refractivity contribution in [3.63, 3.8) is 0 Å². The number of benzene rings is 1. The molecule has 3 nitrogen and oxygen atoms in total. The van der Waals surface area contributed by atoms with Crippen LogP contribution in [-0.4, -0.2) is 14.9 Å². The van der Waals surface area contributed by atoms with E-state index in [1.54, 1.807) is 0 Å². The van der Waals surface area contributed by atoms with Crippen molar-refractivity contribution in [3.05, 3.63) is 66.0 Å². The highest BCUT2D eigenvalue weighted by Crippen LogP contribution is 2.21. The second-order valence-electron chi connectivity index (χ2n) is 6.23. The number of imidazole rings is 1. The first kappa shape index (κ1) is 14.2. The van der Waals surface area contributed by atoms with Gasteiger partial charge in [0, 0.05) is 17.3 Å². The number of nitrogens with one attached hydrogen (secondary N) is 1. The number of hydrogen-bond donors (Lipinski definition) is 1. The van der Waals surface area contributed by atoms with Gasteiger partial charge in [0.1, 0.15) is 11.5 Å². The van der Waals surface area contributed by atoms with Crippen LogP contribution >= 0.6 is 0 Å². The van der Waals surface area contributed by atoms with Gasteiger partial charge in [-0.05, 0) is 51.0 Å². The molecular formula is C19H19N3. The molecule has 0 unspecified atom stereocenters. The summed E-state index contributed by atoms with van der Waals surface area (Å²) in [4.78, 5) is 4.64. The van der Waals surface area contributed by atoms with Gasteiger partial charge in [-0.3, -0.25) is 4.40 Å². The van der Waals surface area contributed by atoms with E-state index in [4.69, 9.17) is 0 Å². The lowest BCUT2D eigenvalue weighted by molar-refractivity contribution is 0.629. The van der Waals surface area contributed by atoms with E-state index >= 15 is 0 Å². The summed E-state index contributed by atoms with van der Waals surface area (Å²) in [7, 11) is 0. The van der Waals surface area contributed by atoms with Crippen molar-refractivity contribution in [2.75, 3.05) is 5.32 Å². The van der Waals surface area contributed by atoms with E-state index in [1.807, 2.05) is 59.1 Å². The maximum Gasteiger partial charge on any atom is 0.156 e.